The molecule has 2 aromatic carbocycles. The fourth-order valence-electron chi connectivity index (χ4n) is 3.71. The molecule has 3 aromatic rings. The van der Waals surface area contributed by atoms with E-state index in [1.807, 2.05) is 55.5 Å². The minimum absolute atomic E-state index is 0.400. The van der Waals surface area contributed by atoms with Crippen molar-refractivity contribution in [3.63, 3.8) is 0 Å². The van der Waals surface area contributed by atoms with E-state index in [4.69, 9.17) is 15.6 Å². The van der Waals surface area contributed by atoms with Crippen molar-refractivity contribution in [1.29, 1.82) is 0 Å². The van der Waals surface area contributed by atoms with Crippen molar-refractivity contribution in [2.24, 2.45) is 5.73 Å². The van der Waals surface area contributed by atoms with Crippen LogP contribution >= 0.6 is 27.7 Å². The van der Waals surface area contributed by atoms with E-state index >= 15 is 0 Å². The maximum Gasteiger partial charge on any atom is 0.248 e. The summed E-state index contributed by atoms with van der Waals surface area (Å²) in [5.41, 5.74) is 8.77. The molecular weight excluding hydrogens is 502 g/mol. The number of allylic oxidation sites excluding steroid dienone is 1. The number of amides is 1. The van der Waals surface area contributed by atoms with Gasteiger partial charge in [0, 0.05) is 21.5 Å². The molecule has 1 aliphatic rings. The highest BCUT2D eigenvalue weighted by Gasteiger charge is 2.35. The third kappa shape index (κ3) is 5.25. The van der Waals surface area contributed by atoms with Crippen molar-refractivity contribution in [3.8, 4) is 5.75 Å². The number of carbonyl (C=O) groups excluding carboxylic acids is 1. The van der Waals surface area contributed by atoms with Gasteiger partial charge in [0.15, 0.2) is 0 Å². The molecule has 2 heterocycles. The topological polar surface area (TPSA) is 95.1 Å². The van der Waals surface area contributed by atoms with E-state index < -0.39 is 11.9 Å². The number of anilines is 1. The second kappa shape index (κ2) is 10.4. The number of primary amides is 1. The standard InChI is InChI=1S/C24H26BrN5O2S/c1-3-4-12-33-24-28-23-27-15(2)20(22(26)31)21(30(23)29-24)18-13-17(25)10-11-19(18)32-14-16-8-6-5-7-9-16/h5-11,13,21H,3-4,12,14H2,1-2H3,(H2,26,31)(H,27,28,29). The smallest absolute Gasteiger partial charge is 0.248 e. The number of benzene rings is 2. The molecule has 9 heteroatoms. The second-order valence-corrected chi connectivity index (χ2v) is 9.73. The molecular formula is C24H26BrN5O2S. The molecule has 172 valence electrons. The van der Waals surface area contributed by atoms with Crippen LogP contribution in [0.2, 0.25) is 0 Å². The van der Waals surface area contributed by atoms with Gasteiger partial charge in [0.2, 0.25) is 17.0 Å². The van der Waals surface area contributed by atoms with Gasteiger partial charge < -0.3 is 15.8 Å². The number of carbonyl (C=O) groups is 1. The number of nitrogens with zero attached hydrogens (tertiary/aromatic N) is 3. The zero-order chi connectivity index (χ0) is 23.4. The summed E-state index contributed by atoms with van der Waals surface area (Å²) < 4.78 is 8.81. The number of halogens is 1. The molecule has 1 aliphatic heterocycles. The van der Waals surface area contributed by atoms with Crippen LogP contribution in [-0.2, 0) is 11.4 Å². The predicted octanol–water partition coefficient (Wildman–Crippen LogP) is 5.29. The van der Waals surface area contributed by atoms with Gasteiger partial charge in [-0.25, -0.2) is 4.68 Å². The van der Waals surface area contributed by atoms with Crippen molar-refractivity contribution < 1.29 is 9.53 Å². The maximum atomic E-state index is 12.6. The molecule has 3 N–H and O–H groups in total. The molecule has 1 aromatic heterocycles. The largest absolute Gasteiger partial charge is 0.489 e. The van der Waals surface area contributed by atoms with Gasteiger partial charge in [0.1, 0.15) is 18.4 Å². The summed E-state index contributed by atoms with van der Waals surface area (Å²) in [6.07, 6.45) is 2.19. The van der Waals surface area contributed by atoms with Crippen LogP contribution < -0.4 is 15.8 Å². The van der Waals surface area contributed by atoms with Crippen LogP contribution in [0.5, 0.6) is 5.75 Å². The van der Waals surface area contributed by atoms with Crippen LogP contribution in [0, 0.1) is 0 Å². The van der Waals surface area contributed by atoms with Crippen molar-refractivity contribution in [2.45, 2.75) is 44.5 Å². The Morgan fingerprint density at radius 3 is 2.79 bits per heavy atom. The van der Waals surface area contributed by atoms with E-state index in [1.54, 1.807) is 16.4 Å². The lowest BCUT2D eigenvalue weighted by molar-refractivity contribution is -0.115. The molecule has 7 nitrogen and oxygen atoms in total. The predicted molar refractivity (Wildman–Crippen MR) is 134 cm³/mol. The lowest BCUT2D eigenvalue weighted by Gasteiger charge is -2.29. The zero-order valence-electron chi connectivity index (χ0n) is 18.5. The molecule has 0 aliphatic carbocycles. The average molecular weight is 528 g/mol. The number of rotatable bonds is 9. The molecule has 0 saturated carbocycles. The van der Waals surface area contributed by atoms with Crippen LogP contribution in [0.15, 0.2) is 69.4 Å². The van der Waals surface area contributed by atoms with Gasteiger partial charge in [-0.2, -0.15) is 4.98 Å². The summed E-state index contributed by atoms with van der Waals surface area (Å²) in [6.45, 7) is 4.38. The molecule has 0 radical (unpaired) electrons. The van der Waals surface area contributed by atoms with E-state index in [2.05, 4.69) is 33.2 Å². The van der Waals surface area contributed by atoms with Gasteiger partial charge >= 0.3 is 0 Å². The van der Waals surface area contributed by atoms with Crippen LogP contribution in [0.1, 0.15) is 43.9 Å². The Kier molecular flexibility index (Phi) is 7.39. The van der Waals surface area contributed by atoms with Crippen LogP contribution in [0.3, 0.4) is 0 Å². The molecule has 33 heavy (non-hydrogen) atoms. The monoisotopic (exact) mass is 527 g/mol. The van der Waals surface area contributed by atoms with Gasteiger partial charge in [0.05, 0.1) is 5.57 Å². The first-order valence-electron chi connectivity index (χ1n) is 10.8. The minimum atomic E-state index is -0.560. The summed E-state index contributed by atoms with van der Waals surface area (Å²) in [6, 6.07) is 15.1. The number of fused-ring (bicyclic) bond motifs is 1. The third-order valence-electron chi connectivity index (χ3n) is 5.33. The quantitative estimate of drug-likeness (QED) is 0.290. The maximum absolute atomic E-state index is 12.6. The minimum Gasteiger partial charge on any atom is -0.489 e. The highest BCUT2D eigenvalue weighted by molar-refractivity contribution is 9.10. The Bertz CT molecular complexity index is 1180. The van der Waals surface area contributed by atoms with Gasteiger partial charge in [-0.3, -0.25) is 4.79 Å². The summed E-state index contributed by atoms with van der Waals surface area (Å²) in [5.74, 6) is 1.65. The van der Waals surface area contributed by atoms with Gasteiger partial charge in [0.25, 0.3) is 0 Å². The first-order valence-corrected chi connectivity index (χ1v) is 12.6. The summed E-state index contributed by atoms with van der Waals surface area (Å²) >= 11 is 5.17. The number of nitrogens with one attached hydrogen (secondary N) is 1. The van der Waals surface area contributed by atoms with Crippen molar-refractivity contribution in [3.05, 3.63) is 75.4 Å². The van der Waals surface area contributed by atoms with E-state index in [-0.39, 0.29) is 0 Å². The fraction of sp³-hybridized carbons (Fsp3) is 0.292. The summed E-state index contributed by atoms with van der Waals surface area (Å²) in [7, 11) is 0. The van der Waals surface area contributed by atoms with E-state index in [0.717, 1.165) is 34.2 Å². The van der Waals surface area contributed by atoms with Crippen LogP contribution in [0.25, 0.3) is 0 Å². The molecule has 1 amide bonds. The number of hydrogen-bond acceptors (Lipinski definition) is 6. The number of thioether (sulfide) groups is 1. The highest BCUT2D eigenvalue weighted by Crippen LogP contribution is 2.41. The number of nitrogens with two attached hydrogens (primary N) is 1. The first-order chi connectivity index (χ1) is 16.0. The Hall–Kier alpha value is -2.78. The van der Waals surface area contributed by atoms with Crippen molar-refractivity contribution >= 4 is 39.5 Å². The Balaban J connectivity index is 1.75. The van der Waals surface area contributed by atoms with E-state index in [0.29, 0.717) is 34.7 Å². The van der Waals surface area contributed by atoms with Gasteiger partial charge in [-0.15, -0.1) is 5.10 Å². The molecule has 0 bridgehead atoms. The van der Waals surface area contributed by atoms with Crippen LogP contribution in [0.4, 0.5) is 5.95 Å². The summed E-state index contributed by atoms with van der Waals surface area (Å²) in [5, 5.41) is 8.59. The molecule has 0 saturated heterocycles. The number of aromatic nitrogens is 3. The van der Waals surface area contributed by atoms with E-state index in [9.17, 15) is 4.79 Å². The first kappa shape index (κ1) is 23.4. The van der Waals surface area contributed by atoms with Gasteiger partial charge in [-0.1, -0.05) is 71.4 Å². The molecule has 4 rings (SSSR count). The second-order valence-electron chi connectivity index (χ2n) is 7.75. The Labute approximate surface area is 205 Å². The van der Waals surface area contributed by atoms with E-state index in [1.165, 1.54) is 0 Å². The summed E-state index contributed by atoms with van der Waals surface area (Å²) in [4.78, 5) is 17.2. The van der Waals surface area contributed by atoms with Crippen LogP contribution in [-0.4, -0.2) is 26.4 Å². The van der Waals surface area contributed by atoms with Crippen molar-refractivity contribution in [2.75, 3.05) is 11.1 Å². The molecule has 1 unspecified atom stereocenters. The Morgan fingerprint density at radius 1 is 1.27 bits per heavy atom. The average Bonchev–Trinajstić information content (AvgIpc) is 3.20. The molecule has 1 atom stereocenters. The third-order valence-corrected chi connectivity index (χ3v) is 6.75. The normalized spacial score (nSPS) is 15.2. The van der Waals surface area contributed by atoms with Gasteiger partial charge in [-0.05, 0) is 37.1 Å². The number of hydrogen-bond donors (Lipinski definition) is 2. The molecule has 0 spiro atoms. The molecule has 0 fully saturated rings. The number of ether oxygens (including phenoxy) is 1. The number of unbranched alkanes of at least 4 members (excludes halogenated alkanes) is 1. The SMILES string of the molecule is CCCCSc1nc2n(n1)C(c1cc(Br)ccc1OCc1ccccc1)C(C(N)=O)=C(C)N2. The highest BCUT2D eigenvalue weighted by atomic mass is 79.9. The van der Waals surface area contributed by atoms with Crippen molar-refractivity contribution in [1.82, 2.24) is 14.8 Å². The lowest BCUT2D eigenvalue weighted by atomic mass is 9.94. The lowest BCUT2D eigenvalue weighted by Crippen LogP contribution is -2.32. The fourth-order valence-corrected chi connectivity index (χ4v) is 5.00. The zero-order valence-corrected chi connectivity index (χ0v) is 20.9. The Morgan fingerprint density at radius 2 is 2.06 bits per heavy atom.